The molecule has 0 aliphatic rings. The Bertz CT molecular complexity index is 579. The molecule has 90 valence electrons. The molecule has 0 aliphatic carbocycles. The zero-order valence-corrected chi connectivity index (χ0v) is 10.6. The van der Waals surface area contributed by atoms with Crippen LogP contribution in [0.4, 0.5) is 5.82 Å². The highest BCUT2D eigenvalue weighted by molar-refractivity contribution is 7.18. The lowest BCUT2D eigenvalue weighted by Gasteiger charge is -2.10. The van der Waals surface area contributed by atoms with E-state index in [0.717, 1.165) is 15.8 Å². The molecule has 0 fully saturated rings. The Kier molecular flexibility index (Phi) is 2.97. The minimum Gasteiger partial charge on any atom is -0.480 e. The lowest BCUT2D eigenvalue weighted by molar-refractivity contribution is -0.137. The fourth-order valence-corrected chi connectivity index (χ4v) is 2.56. The van der Waals surface area contributed by atoms with Gasteiger partial charge in [-0.3, -0.25) is 4.79 Å². The summed E-state index contributed by atoms with van der Waals surface area (Å²) in [5, 5.41) is 12.7. The van der Waals surface area contributed by atoms with Crippen molar-refractivity contribution in [1.82, 2.24) is 9.97 Å². The molecule has 0 radical (unpaired) electrons. The molecule has 6 heteroatoms. The Hall–Kier alpha value is -1.69. The average molecular weight is 251 g/mol. The van der Waals surface area contributed by atoms with Crippen molar-refractivity contribution in [2.24, 2.45) is 0 Å². The number of nitrogens with zero attached hydrogens (tertiary/aromatic N) is 2. The largest absolute Gasteiger partial charge is 0.480 e. The van der Waals surface area contributed by atoms with Gasteiger partial charge in [0.05, 0.1) is 5.39 Å². The predicted octanol–water partition coefficient (Wildman–Crippen LogP) is 2.19. The van der Waals surface area contributed by atoms with Crippen LogP contribution >= 0.6 is 11.3 Å². The molecule has 2 aromatic heterocycles. The Morgan fingerprint density at radius 2 is 2.18 bits per heavy atom. The van der Waals surface area contributed by atoms with Gasteiger partial charge in [-0.15, -0.1) is 11.3 Å². The summed E-state index contributed by atoms with van der Waals surface area (Å²) in [5.74, 6) is -0.312. The Labute approximate surface area is 103 Å². The summed E-state index contributed by atoms with van der Waals surface area (Å²) in [7, 11) is 0. The third-order valence-electron chi connectivity index (χ3n) is 2.69. The topological polar surface area (TPSA) is 75.1 Å². The van der Waals surface area contributed by atoms with Gasteiger partial charge in [0.1, 0.15) is 23.0 Å². The third kappa shape index (κ3) is 2.08. The van der Waals surface area contributed by atoms with E-state index in [1.54, 1.807) is 18.3 Å². The number of aliphatic carboxylic acids is 1. The Balaban J connectivity index is 2.50. The van der Waals surface area contributed by atoms with Gasteiger partial charge in [0.25, 0.3) is 0 Å². The molecule has 0 amide bonds. The van der Waals surface area contributed by atoms with Gasteiger partial charge >= 0.3 is 5.97 Å². The molecule has 0 aliphatic heterocycles. The smallest absolute Gasteiger partial charge is 0.325 e. The van der Waals surface area contributed by atoms with Crippen LogP contribution in [-0.2, 0) is 4.79 Å². The lowest BCUT2D eigenvalue weighted by atomic mass is 10.2. The second-order valence-corrected chi connectivity index (χ2v) is 5.09. The number of hydrogen-bond donors (Lipinski definition) is 2. The first-order valence-corrected chi connectivity index (χ1v) is 6.02. The molecule has 0 spiro atoms. The zero-order chi connectivity index (χ0) is 12.6. The number of thiophene rings is 1. The highest BCUT2D eigenvalue weighted by atomic mass is 32.1. The number of anilines is 1. The van der Waals surface area contributed by atoms with Crippen LogP contribution in [-0.4, -0.2) is 27.1 Å². The first-order valence-electron chi connectivity index (χ1n) is 5.20. The number of carboxylic acid groups (broad SMARTS) is 1. The number of fused-ring (bicyclic) bond motifs is 1. The van der Waals surface area contributed by atoms with Crippen LogP contribution in [0.5, 0.6) is 0 Å². The van der Waals surface area contributed by atoms with Crippen LogP contribution in [0.1, 0.15) is 17.4 Å². The van der Waals surface area contributed by atoms with Gasteiger partial charge in [-0.25, -0.2) is 9.97 Å². The van der Waals surface area contributed by atoms with Gasteiger partial charge in [-0.1, -0.05) is 0 Å². The first-order chi connectivity index (χ1) is 8.00. The van der Waals surface area contributed by atoms with Crippen LogP contribution in [0.15, 0.2) is 6.33 Å². The molecular weight excluding hydrogens is 238 g/mol. The second kappa shape index (κ2) is 4.29. The maximum absolute atomic E-state index is 10.8. The van der Waals surface area contributed by atoms with Crippen molar-refractivity contribution in [2.75, 3.05) is 5.32 Å². The Morgan fingerprint density at radius 3 is 2.82 bits per heavy atom. The number of nitrogens with one attached hydrogen (secondary N) is 1. The monoisotopic (exact) mass is 251 g/mol. The lowest BCUT2D eigenvalue weighted by Crippen LogP contribution is -2.26. The van der Waals surface area contributed by atoms with Crippen molar-refractivity contribution < 1.29 is 9.90 Å². The summed E-state index contributed by atoms with van der Waals surface area (Å²) in [6, 6.07) is -0.673. The number of hydrogen-bond acceptors (Lipinski definition) is 5. The maximum atomic E-state index is 10.8. The van der Waals surface area contributed by atoms with Gasteiger partial charge in [-0.2, -0.15) is 0 Å². The van der Waals surface area contributed by atoms with Gasteiger partial charge in [0, 0.05) is 4.88 Å². The third-order valence-corrected chi connectivity index (χ3v) is 3.80. The zero-order valence-electron chi connectivity index (χ0n) is 9.81. The van der Waals surface area contributed by atoms with E-state index in [-0.39, 0.29) is 0 Å². The quantitative estimate of drug-likeness (QED) is 0.874. The van der Waals surface area contributed by atoms with E-state index >= 15 is 0 Å². The van der Waals surface area contributed by atoms with Gasteiger partial charge in [0.15, 0.2) is 0 Å². The van der Waals surface area contributed by atoms with Gasteiger partial charge in [0.2, 0.25) is 0 Å². The highest BCUT2D eigenvalue weighted by Gasteiger charge is 2.16. The van der Waals surface area contributed by atoms with E-state index < -0.39 is 12.0 Å². The number of aryl methyl sites for hydroxylation is 2. The maximum Gasteiger partial charge on any atom is 0.325 e. The van der Waals surface area contributed by atoms with E-state index in [1.807, 2.05) is 13.8 Å². The molecule has 2 aromatic rings. The molecule has 1 atom stereocenters. The minimum absolute atomic E-state index is 0.590. The average Bonchev–Trinajstić information content (AvgIpc) is 2.56. The van der Waals surface area contributed by atoms with Crippen molar-refractivity contribution in [2.45, 2.75) is 26.8 Å². The van der Waals surface area contributed by atoms with E-state index in [0.29, 0.717) is 5.82 Å². The number of aromatic nitrogens is 2. The summed E-state index contributed by atoms with van der Waals surface area (Å²) < 4.78 is 0. The Morgan fingerprint density at radius 1 is 1.47 bits per heavy atom. The van der Waals surface area contributed by atoms with Crippen molar-refractivity contribution in [3.63, 3.8) is 0 Å². The summed E-state index contributed by atoms with van der Waals surface area (Å²) in [5.41, 5.74) is 1.10. The summed E-state index contributed by atoms with van der Waals surface area (Å²) in [6.45, 7) is 5.60. The summed E-state index contributed by atoms with van der Waals surface area (Å²) in [4.78, 5) is 21.2. The van der Waals surface area contributed by atoms with Crippen LogP contribution in [0, 0.1) is 13.8 Å². The van der Waals surface area contributed by atoms with Crippen LogP contribution in [0.3, 0.4) is 0 Å². The fourth-order valence-electron chi connectivity index (χ4n) is 1.56. The highest BCUT2D eigenvalue weighted by Crippen LogP contribution is 2.32. The van der Waals surface area contributed by atoms with Gasteiger partial charge < -0.3 is 10.4 Å². The molecule has 0 saturated carbocycles. The summed E-state index contributed by atoms with van der Waals surface area (Å²) in [6.07, 6.45) is 1.45. The number of carbonyl (C=O) groups is 1. The molecule has 2 heterocycles. The number of rotatable bonds is 3. The van der Waals surface area contributed by atoms with E-state index in [4.69, 9.17) is 5.11 Å². The standard InChI is InChI=1S/C11H13N3O2S/c1-5-7(3)17-10-8(5)9(12-4-13-10)14-6(2)11(15)16/h4,6H,1-3H3,(H,15,16)(H,12,13,14)/t6-/m0/s1. The molecule has 2 rings (SSSR count). The molecule has 0 bridgehead atoms. The van der Waals surface area contributed by atoms with Crippen molar-refractivity contribution in [3.05, 3.63) is 16.8 Å². The van der Waals surface area contributed by atoms with Crippen LogP contribution in [0.2, 0.25) is 0 Å². The molecule has 0 aromatic carbocycles. The minimum atomic E-state index is -0.902. The van der Waals surface area contributed by atoms with Gasteiger partial charge in [-0.05, 0) is 26.3 Å². The van der Waals surface area contributed by atoms with E-state index in [9.17, 15) is 4.79 Å². The molecule has 0 saturated heterocycles. The molecule has 2 N–H and O–H groups in total. The number of carboxylic acids is 1. The van der Waals surface area contributed by atoms with Crippen molar-refractivity contribution in [1.29, 1.82) is 0 Å². The molecule has 17 heavy (non-hydrogen) atoms. The van der Waals surface area contributed by atoms with Crippen LogP contribution < -0.4 is 5.32 Å². The van der Waals surface area contributed by atoms with E-state index in [1.165, 1.54) is 11.2 Å². The molecular formula is C11H13N3O2S. The van der Waals surface area contributed by atoms with Crippen molar-refractivity contribution >= 4 is 33.3 Å². The fraction of sp³-hybridized carbons (Fsp3) is 0.364. The molecule has 5 nitrogen and oxygen atoms in total. The summed E-state index contributed by atoms with van der Waals surface area (Å²) >= 11 is 1.59. The SMILES string of the molecule is Cc1sc2ncnc(N[C@@H](C)C(=O)O)c2c1C. The predicted molar refractivity (Wildman–Crippen MR) is 67.6 cm³/mol. The van der Waals surface area contributed by atoms with Crippen LogP contribution in [0.25, 0.3) is 10.2 Å². The first kappa shape index (κ1) is 11.8. The second-order valence-electron chi connectivity index (χ2n) is 3.89. The van der Waals surface area contributed by atoms with Crippen molar-refractivity contribution in [3.8, 4) is 0 Å². The molecule has 0 unspecified atom stereocenters. The normalized spacial score (nSPS) is 12.6. The van der Waals surface area contributed by atoms with E-state index in [2.05, 4.69) is 15.3 Å².